The molecule has 1 aliphatic carbocycles. The lowest BCUT2D eigenvalue weighted by molar-refractivity contribution is 0.0929. The summed E-state index contributed by atoms with van der Waals surface area (Å²) in [6.07, 6.45) is 4.02. The molecule has 2 rings (SSSR count). The summed E-state index contributed by atoms with van der Waals surface area (Å²) in [5.74, 6) is -0.138. The Bertz CT molecular complexity index is 492. The molecule has 6 nitrogen and oxygen atoms in total. The number of hydrogen-bond donors (Lipinski definition) is 2. The van der Waals surface area contributed by atoms with E-state index in [2.05, 4.69) is 10.4 Å². The van der Waals surface area contributed by atoms with Crippen molar-refractivity contribution >= 4 is 11.6 Å². The van der Waals surface area contributed by atoms with Crippen LogP contribution >= 0.6 is 0 Å². The number of amides is 1. The molecule has 20 heavy (non-hydrogen) atoms. The van der Waals surface area contributed by atoms with Crippen LogP contribution in [0.3, 0.4) is 0 Å². The van der Waals surface area contributed by atoms with Crippen molar-refractivity contribution in [2.45, 2.75) is 32.6 Å². The van der Waals surface area contributed by atoms with E-state index in [-0.39, 0.29) is 11.3 Å². The Morgan fingerprint density at radius 1 is 1.55 bits per heavy atom. The minimum Gasteiger partial charge on any atom is -0.395 e. The number of hydrogen-bond acceptors (Lipinski definition) is 4. The van der Waals surface area contributed by atoms with Crippen LogP contribution in [0.5, 0.6) is 0 Å². The summed E-state index contributed by atoms with van der Waals surface area (Å²) in [6, 6.07) is 0. The fourth-order valence-corrected chi connectivity index (χ4v) is 2.49. The first-order valence-corrected chi connectivity index (χ1v) is 7.11. The van der Waals surface area contributed by atoms with E-state index in [1.165, 1.54) is 0 Å². The molecule has 0 aromatic carbocycles. The summed E-state index contributed by atoms with van der Waals surface area (Å²) in [7, 11) is 3.46. The van der Waals surface area contributed by atoms with Crippen molar-refractivity contribution in [2.75, 3.05) is 26.0 Å². The molecule has 0 bridgehead atoms. The van der Waals surface area contributed by atoms with E-state index in [9.17, 15) is 4.79 Å². The molecule has 0 spiro atoms. The summed E-state index contributed by atoms with van der Waals surface area (Å²) < 4.78 is 6.69. The Morgan fingerprint density at radius 2 is 2.25 bits per heavy atom. The molecular weight excluding hydrogens is 256 g/mol. The van der Waals surface area contributed by atoms with E-state index in [1.54, 1.807) is 18.8 Å². The van der Waals surface area contributed by atoms with E-state index < -0.39 is 0 Å². The molecule has 1 amide bonds. The lowest BCUT2D eigenvalue weighted by Gasteiger charge is -2.15. The number of nitrogen functional groups attached to an aromatic ring is 1. The molecule has 1 heterocycles. The summed E-state index contributed by atoms with van der Waals surface area (Å²) in [4.78, 5) is 12.3. The highest BCUT2D eigenvalue weighted by atomic mass is 16.5. The van der Waals surface area contributed by atoms with Gasteiger partial charge in [0.25, 0.3) is 5.91 Å². The SMILES string of the molecule is CCc1nn(C)c(C(=O)NCC2(CCOC)CC2)c1N. The Labute approximate surface area is 119 Å². The number of nitrogens with two attached hydrogens (primary N) is 1. The maximum atomic E-state index is 12.3. The molecule has 1 aromatic heterocycles. The van der Waals surface area contributed by atoms with Crippen LogP contribution in [-0.2, 0) is 18.2 Å². The van der Waals surface area contributed by atoms with Crippen molar-refractivity contribution in [3.63, 3.8) is 0 Å². The van der Waals surface area contributed by atoms with Gasteiger partial charge in [0.2, 0.25) is 0 Å². The summed E-state index contributed by atoms with van der Waals surface area (Å²) in [5, 5.41) is 7.26. The lowest BCUT2D eigenvalue weighted by Crippen LogP contribution is -2.32. The van der Waals surface area contributed by atoms with Gasteiger partial charge in [0.15, 0.2) is 0 Å². The van der Waals surface area contributed by atoms with Crippen molar-refractivity contribution in [1.29, 1.82) is 0 Å². The number of aryl methyl sites for hydroxylation is 2. The normalized spacial score (nSPS) is 16.1. The molecule has 0 atom stereocenters. The second-order valence-electron chi connectivity index (χ2n) is 5.61. The van der Waals surface area contributed by atoms with Crippen molar-refractivity contribution < 1.29 is 9.53 Å². The number of aromatic nitrogens is 2. The Kier molecular flexibility index (Phi) is 4.32. The van der Waals surface area contributed by atoms with E-state index in [0.717, 1.165) is 38.0 Å². The third kappa shape index (κ3) is 2.95. The lowest BCUT2D eigenvalue weighted by atomic mass is 10.0. The molecule has 1 fully saturated rings. The molecule has 0 aliphatic heterocycles. The van der Waals surface area contributed by atoms with Gasteiger partial charge in [0.1, 0.15) is 5.69 Å². The van der Waals surface area contributed by atoms with E-state index >= 15 is 0 Å². The number of carbonyl (C=O) groups excluding carboxylic acids is 1. The van der Waals surface area contributed by atoms with E-state index in [0.29, 0.717) is 17.9 Å². The van der Waals surface area contributed by atoms with Crippen LogP contribution in [0.2, 0.25) is 0 Å². The Hall–Kier alpha value is -1.56. The second kappa shape index (κ2) is 5.83. The van der Waals surface area contributed by atoms with Gasteiger partial charge in [-0.05, 0) is 31.1 Å². The van der Waals surface area contributed by atoms with Crippen LogP contribution in [0, 0.1) is 5.41 Å². The van der Waals surface area contributed by atoms with Crippen LogP contribution in [0.1, 0.15) is 42.4 Å². The van der Waals surface area contributed by atoms with Gasteiger partial charge >= 0.3 is 0 Å². The van der Waals surface area contributed by atoms with Crippen LogP contribution < -0.4 is 11.1 Å². The Morgan fingerprint density at radius 3 is 2.75 bits per heavy atom. The molecule has 1 aliphatic rings. The summed E-state index contributed by atoms with van der Waals surface area (Å²) >= 11 is 0. The predicted octanol–water partition coefficient (Wildman–Crippen LogP) is 1.11. The van der Waals surface area contributed by atoms with Gasteiger partial charge in [0, 0.05) is 27.3 Å². The summed E-state index contributed by atoms with van der Waals surface area (Å²) in [6.45, 7) is 3.40. The maximum absolute atomic E-state index is 12.3. The smallest absolute Gasteiger partial charge is 0.271 e. The zero-order chi connectivity index (χ0) is 14.8. The van der Waals surface area contributed by atoms with Crippen LogP contribution in [0.25, 0.3) is 0 Å². The molecule has 0 unspecified atom stereocenters. The van der Waals surface area contributed by atoms with Gasteiger partial charge in [-0.1, -0.05) is 6.92 Å². The highest BCUT2D eigenvalue weighted by Crippen LogP contribution is 2.48. The van der Waals surface area contributed by atoms with Gasteiger partial charge in [0.05, 0.1) is 11.4 Å². The standard InChI is InChI=1S/C14H24N4O2/c1-4-10-11(15)12(18(2)17-10)13(19)16-9-14(5-6-14)7-8-20-3/h4-9,15H2,1-3H3,(H,16,19). The average Bonchev–Trinajstić information content (AvgIpc) is 3.14. The molecule has 3 N–H and O–H groups in total. The molecule has 6 heteroatoms. The summed E-state index contributed by atoms with van der Waals surface area (Å²) in [5.41, 5.74) is 7.95. The van der Waals surface area contributed by atoms with Crippen molar-refractivity contribution in [3.8, 4) is 0 Å². The first-order valence-electron chi connectivity index (χ1n) is 7.11. The van der Waals surface area contributed by atoms with Gasteiger partial charge in [-0.3, -0.25) is 9.48 Å². The topological polar surface area (TPSA) is 82.2 Å². The molecule has 112 valence electrons. The fraction of sp³-hybridized carbons (Fsp3) is 0.714. The number of methoxy groups -OCH3 is 1. The number of nitrogens with one attached hydrogen (secondary N) is 1. The van der Waals surface area contributed by atoms with Crippen molar-refractivity contribution in [3.05, 3.63) is 11.4 Å². The van der Waals surface area contributed by atoms with Crippen LogP contribution in [-0.4, -0.2) is 35.9 Å². The number of carbonyl (C=O) groups is 1. The molecule has 1 aromatic rings. The quantitative estimate of drug-likeness (QED) is 0.784. The van der Waals surface area contributed by atoms with Gasteiger partial charge in [-0.2, -0.15) is 5.10 Å². The van der Waals surface area contributed by atoms with Crippen LogP contribution in [0.4, 0.5) is 5.69 Å². The molecule has 1 saturated carbocycles. The van der Waals surface area contributed by atoms with Crippen molar-refractivity contribution in [2.24, 2.45) is 12.5 Å². The zero-order valence-electron chi connectivity index (χ0n) is 12.5. The van der Waals surface area contributed by atoms with Crippen molar-refractivity contribution in [1.82, 2.24) is 15.1 Å². The van der Waals surface area contributed by atoms with E-state index in [4.69, 9.17) is 10.5 Å². The van der Waals surface area contributed by atoms with Crippen LogP contribution in [0.15, 0.2) is 0 Å². The average molecular weight is 280 g/mol. The first kappa shape index (κ1) is 14.8. The third-order valence-corrected chi connectivity index (χ3v) is 4.13. The number of nitrogens with zero attached hydrogens (tertiary/aromatic N) is 2. The fourth-order valence-electron chi connectivity index (χ4n) is 2.49. The largest absolute Gasteiger partial charge is 0.395 e. The third-order valence-electron chi connectivity index (χ3n) is 4.13. The molecule has 0 radical (unpaired) electrons. The van der Waals surface area contributed by atoms with Gasteiger partial charge in [-0.15, -0.1) is 0 Å². The highest BCUT2D eigenvalue weighted by molar-refractivity contribution is 5.98. The number of anilines is 1. The molecular formula is C14H24N4O2. The minimum atomic E-state index is -0.138. The maximum Gasteiger partial charge on any atom is 0.271 e. The minimum absolute atomic E-state index is 0.138. The monoisotopic (exact) mass is 280 g/mol. The highest BCUT2D eigenvalue weighted by Gasteiger charge is 2.42. The second-order valence-corrected chi connectivity index (χ2v) is 5.61. The van der Waals surface area contributed by atoms with E-state index in [1.807, 2.05) is 6.92 Å². The Balaban J connectivity index is 1.97. The first-order chi connectivity index (χ1) is 9.53. The van der Waals surface area contributed by atoms with Gasteiger partial charge in [-0.25, -0.2) is 0 Å². The number of ether oxygens (including phenoxy) is 1. The number of rotatable bonds is 7. The predicted molar refractivity (Wildman–Crippen MR) is 77.5 cm³/mol. The molecule has 0 saturated heterocycles. The zero-order valence-corrected chi connectivity index (χ0v) is 12.5. The van der Waals surface area contributed by atoms with Gasteiger partial charge < -0.3 is 15.8 Å².